The third-order valence-corrected chi connectivity index (χ3v) is 4.52. The van der Waals surface area contributed by atoms with Gasteiger partial charge in [0.25, 0.3) is 0 Å². The number of fused-ring (bicyclic) bond motifs is 2. The van der Waals surface area contributed by atoms with Crippen molar-refractivity contribution >= 4 is 40.0 Å². The molecule has 0 spiro atoms. The van der Waals surface area contributed by atoms with Crippen molar-refractivity contribution in [2.24, 2.45) is 4.99 Å². The first-order chi connectivity index (χ1) is 12.3. The number of pyridine rings is 1. The number of aromatic nitrogens is 2. The summed E-state index contributed by atoms with van der Waals surface area (Å²) in [5.41, 5.74) is 3.64. The van der Waals surface area contributed by atoms with Gasteiger partial charge < -0.3 is 4.57 Å². The first-order valence-electron chi connectivity index (χ1n) is 8.73. The fourth-order valence-corrected chi connectivity index (χ4v) is 3.36. The van der Waals surface area contributed by atoms with E-state index < -0.39 is 0 Å². The molecule has 0 unspecified atom stereocenters. The fourth-order valence-electron chi connectivity index (χ4n) is 3.36. The minimum atomic E-state index is 0. The molecule has 132 valence electrons. The van der Waals surface area contributed by atoms with Gasteiger partial charge in [0.1, 0.15) is 5.84 Å². The Bertz CT molecular complexity index is 984. The normalized spacial score (nSPS) is 13.0. The molecule has 0 fully saturated rings. The molecule has 0 atom stereocenters. The molecule has 2 aromatic carbocycles. The first-order valence-corrected chi connectivity index (χ1v) is 8.73. The summed E-state index contributed by atoms with van der Waals surface area (Å²) in [5, 5.41) is 2.51. The largest absolute Gasteiger partial charge is 0.302 e. The lowest BCUT2D eigenvalue weighted by Crippen LogP contribution is -2.09. The van der Waals surface area contributed by atoms with Gasteiger partial charge in [-0.25, -0.2) is 0 Å². The van der Waals surface area contributed by atoms with E-state index in [-0.39, 0.29) is 12.4 Å². The summed E-state index contributed by atoms with van der Waals surface area (Å²) in [6.07, 6.45) is 4.11. The van der Waals surface area contributed by atoms with Gasteiger partial charge in [-0.15, -0.1) is 12.4 Å². The average molecular weight is 364 g/mol. The summed E-state index contributed by atoms with van der Waals surface area (Å²) in [7, 11) is 0. The van der Waals surface area contributed by atoms with Crippen LogP contribution in [0, 0.1) is 6.92 Å². The van der Waals surface area contributed by atoms with E-state index in [1.165, 1.54) is 34.2 Å². The molecule has 0 saturated heterocycles. The van der Waals surface area contributed by atoms with Gasteiger partial charge in [-0.1, -0.05) is 42.5 Å². The lowest BCUT2D eigenvalue weighted by Gasteiger charge is -2.06. The zero-order chi connectivity index (χ0) is 17.1. The van der Waals surface area contributed by atoms with Gasteiger partial charge in [0.2, 0.25) is 0 Å². The number of hydrogen-bond donors (Lipinski definition) is 0. The summed E-state index contributed by atoms with van der Waals surface area (Å²) < 4.78 is 2.29. The lowest BCUT2D eigenvalue weighted by molar-refractivity contribution is 0.944. The highest BCUT2D eigenvalue weighted by molar-refractivity contribution is 5.97. The zero-order valence-electron chi connectivity index (χ0n) is 14.8. The predicted molar refractivity (Wildman–Crippen MR) is 113 cm³/mol. The number of aliphatic imine (C=N–C) groups is 1. The smallest absolute Gasteiger partial charge is 0.108 e. The van der Waals surface area contributed by atoms with Crippen molar-refractivity contribution in [3.8, 4) is 0 Å². The Morgan fingerprint density at radius 2 is 1.62 bits per heavy atom. The molecule has 2 aromatic heterocycles. The summed E-state index contributed by atoms with van der Waals surface area (Å²) in [5.74, 6) is 1.23. The van der Waals surface area contributed by atoms with E-state index in [2.05, 4.69) is 63.9 Å². The summed E-state index contributed by atoms with van der Waals surface area (Å²) in [6.45, 7) is 3.14. The number of rotatable bonds is 0. The minimum absolute atomic E-state index is 0. The van der Waals surface area contributed by atoms with Crippen LogP contribution >= 0.6 is 12.4 Å². The van der Waals surface area contributed by atoms with Crippen LogP contribution in [0.15, 0.2) is 77.9 Å². The first kappa shape index (κ1) is 18.2. The Hall–Kier alpha value is -2.65. The Balaban J connectivity index is 0.000000156. The van der Waals surface area contributed by atoms with Gasteiger partial charge in [0.05, 0.1) is 11.0 Å². The summed E-state index contributed by atoms with van der Waals surface area (Å²) >= 11 is 0. The second-order valence-electron chi connectivity index (χ2n) is 6.28. The Kier molecular flexibility index (Phi) is 5.69. The van der Waals surface area contributed by atoms with Crippen LogP contribution in [0.2, 0.25) is 0 Å². The average Bonchev–Trinajstić information content (AvgIpc) is 3.29. The highest BCUT2D eigenvalue weighted by Crippen LogP contribution is 2.21. The highest BCUT2D eigenvalue weighted by Gasteiger charge is 2.13. The third kappa shape index (κ3) is 3.63. The van der Waals surface area contributed by atoms with Crippen molar-refractivity contribution in [3.63, 3.8) is 0 Å². The quantitative estimate of drug-likeness (QED) is 0.397. The Morgan fingerprint density at radius 1 is 0.885 bits per heavy atom. The molecule has 3 nitrogen and oxygen atoms in total. The highest BCUT2D eigenvalue weighted by atomic mass is 35.5. The molecule has 0 amide bonds. The SMILES string of the molecule is Cc1cc2ccccc2n1C1=NCCC1.Cl.c1ccc2ncccc2c1. The zero-order valence-corrected chi connectivity index (χ0v) is 15.6. The molecule has 4 heteroatoms. The van der Waals surface area contributed by atoms with E-state index in [0.717, 1.165) is 18.5 Å². The molecule has 1 aliphatic rings. The van der Waals surface area contributed by atoms with Crippen LogP contribution in [0.3, 0.4) is 0 Å². The van der Waals surface area contributed by atoms with Gasteiger partial charge in [-0.2, -0.15) is 0 Å². The van der Waals surface area contributed by atoms with E-state index in [1.54, 1.807) is 0 Å². The third-order valence-electron chi connectivity index (χ3n) is 4.52. The van der Waals surface area contributed by atoms with Crippen LogP contribution in [0.25, 0.3) is 21.8 Å². The van der Waals surface area contributed by atoms with E-state index >= 15 is 0 Å². The second-order valence-corrected chi connectivity index (χ2v) is 6.28. The summed E-state index contributed by atoms with van der Waals surface area (Å²) in [6, 6.07) is 22.8. The van der Waals surface area contributed by atoms with Crippen LogP contribution in [0.1, 0.15) is 18.5 Å². The molecule has 0 bridgehead atoms. The van der Waals surface area contributed by atoms with E-state index in [1.807, 2.05) is 30.5 Å². The molecule has 0 saturated carbocycles. The number of aryl methyl sites for hydroxylation is 1. The summed E-state index contributed by atoms with van der Waals surface area (Å²) in [4.78, 5) is 8.75. The monoisotopic (exact) mass is 363 g/mol. The van der Waals surface area contributed by atoms with Gasteiger partial charge in [-0.3, -0.25) is 9.98 Å². The molecule has 5 rings (SSSR count). The van der Waals surface area contributed by atoms with Crippen LogP contribution in [0.5, 0.6) is 0 Å². The predicted octanol–water partition coefficient (Wildman–Crippen LogP) is 5.65. The number of para-hydroxylation sites is 2. The maximum Gasteiger partial charge on any atom is 0.108 e. The van der Waals surface area contributed by atoms with Crippen LogP contribution in [-0.2, 0) is 0 Å². The standard InChI is InChI=1S/C13H14N2.C9H7N.ClH/c1-10-9-11-5-2-3-6-12(11)15(10)13-7-4-8-14-13;1-2-6-9-8(4-1)5-3-7-10-9;/h2-3,5-6,9H,4,7-8H2,1H3;1-7H;1H. The van der Waals surface area contributed by atoms with Crippen molar-refractivity contribution in [3.05, 3.63) is 78.6 Å². The Labute approximate surface area is 159 Å². The van der Waals surface area contributed by atoms with Gasteiger partial charge in [0.15, 0.2) is 0 Å². The fraction of sp³-hybridized carbons (Fsp3) is 0.182. The van der Waals surface area contributed by atoms with Gasteiger partial charge in [0, 0.05) is 35.6 Å². The maximum absolute atomic E-state index is 4.57. The van der Waals surface area contributed by atoms with Crippen molar-refractivity contribution in [2.45, 2.75) is 19.8 Å². The van der Waals surface area contributed by atoms with Gasteiger partial charge >= 0.3 is 0 Å². The van der Waals surface area contributed by atoms with Crippen molar-refractivity contribution in [1.29, 1.82) is 0 Å². The van der Waals surface area contributed by atoms with Crippen molar-refractivity contribution in [1.82, 2.24) is 9.55 Å². The maximum atomic E-state index is 4.57. The number of halogens is 1. The number of benzene rings is 2. The van der Waals surface area contributed by atoms with Crippen LogP contribution in [-0.4, -0.2) is 21.9 Å². The van der Waals surface area contributed by atoms with Crippen LogP contribution < -0.4 is 0 Å². The number of hydrogen-bond acceptors (Lipinski definition) is 2. The Morgan fingerprint density at radius 3 is 2.38 bits per heavy atom. The molecule has 0 N–H and O–H groups in total. The molecule has 26 heavy (non-hydrogen) atoms. The lowest BCUT2D eigenvalue weighted by atomic mass is 10.2. The van der Waals surface area contributed by atoms with Crippen molar-refractivity contribution < 1.29 is 0 Å². The second kappa shape index (κ2) is 8.15. The number of nitrogens with zero attached hydrogens (tertiary/aromatic N) is 3. The minimum Gasteiger partial charge on any atom is -0.302 e. The molecular formula is C22H22ClN3. The van der Waals surface area contributed by atoms with Gasteiger partial charge in [-0.05, 0) is 37.6 Å². The molecule has 0 aliphatic carbocycles. The molecule has 3 heterocycles. The van der Waals surface area contributed by atoms with E-state index in [9.17, 15) is 0 Å². The van der Waals surface area contributed by atoms with E-state index in [4.69, 9.17) is 0 Å². The molecule has 0 radical (unpaired) electrons. The molecule has 4 aromatic rings. The topological polar surface area (TPSA) is 30.2 Å². The van der Waals surface area contributed by atoms with Crippen LogP contribution in [0.4, 0.5) is 0 Å². The molecular weight excluding hydrogens is 342 g/mol. The van der Waals surface area contributed by atoms with E-state index in [0.29, 0.717) is 0 Å². The molecule has 1 aliphatic heterocycles. The van der Waals surface area contributed by atoms with Crippen molar-refractivity contribution in [2.75, 3.05) is 6.54 Å².